The Labute approximate surface area is 156 Å². The molecule has 0 radical (unpaired) electrons. The standard InChI is InChI=1S/C20H19BrN2O2/c1-25-20(24)19-13-23(11-14-5-7-17(21)8-6-14)12-18(19)16-4-2-3-15(9-16)10-22/h2-9,18-19H,11-13H2,1H3. The van der Waals surface area contributed by atoms with Gasteiger partial charge in [-0.1, -0.05) is 40.2 Å². The smallest absolute Gasteiger partial charge is 0.310 e. The molecule has 0 bridgehead atoms. The average molecular weight is 399 g/mol. The van der Waals surface area contributed by atoms with Crippen LogP contribution < -0.4 is 0 Å². The first kappa shape index (κ1) is 17.7. The Hall–Kier alpha value is -2.16. The predicted octanol–water partition coefficient (Wildman–Crippen LogP) is 3.71. The van der Waals surface area contributed by atoms with E-state index in [2.05, 4.69) is 39.0 Å². The normalized spacial score (nSPS) is 20.2. The molecule has 25 heavy (non-hydrogen) atoms. The van der Waals surface area contributed by atoms with Crippen LogP contribution in [0.15, 0.2) is 53.0 Å². The van der Waals surface area contributed by atoms with Crippen LogP contribution in [0.3, 0.4) is 0 Å². The first-order valence-corrected chi connectivity index (χ1v) is 8.94. The van der Waals surface area contributed by atoms with Gasteiger partial charge in [0.25, 0.3) is 0 Å². The minimum Gasteiger partial charge on any atom is -0.469 e. The van der Waals surface area contributed by atoms with Crippen molar-refractivity contribution in [2.75, 3.05) is 20.2 Å². The van der Waals surface area contributed by atoms with Crippen LogP contribution in [0.5, 0.6) is 0 Å². The third kappa shape index (κ3) is 4.09. The zero-order valence-corrected chi connectivity index (χ0v) is 15.6. The van der Waals surface area contributed by atoms with E-state index in [1.54, 1.807) is 6.07 Å². The minimum absolute atomic E-state index is 0.0381. The van der Waals surface area contributed by atoms with Gasteiger partial charge < -0.3 is 4.74 Å². The summed E-state index contributed by atoms with van der Waals surface area (Å²) in [6, 6.07) is 17.9. The Kier molecular flexibility index (Phi) is 5.52. The van der Waals surface area contributed by atoms with Gasteiger partial charge in [0.1, 0.15) is 0 Å². The molecule has 5 heteroatoms. The lowest BCUT2D eigenvalue weighted by Gasteiger charge is -2.17. The fraction of sp³-hybridized carbons (Fsp3) is 0.300. The number of rotatable bonds is 4. The average Bonchev–Trinajstić information content (AvgIpc) is 3.07. The zero-order chi connectivity index (χ0) is 17.8. The Morgan fingerprint density at radius 1 is 1.28 bits per heavy atom. The van der Waals surface area contributed by atoms with Crippen LogP contribution in [-0.2, 0) is 16.1 Å². The van der Waals surface area contributed by atoms with Gasteiger partial charge in [-0.3, -0.25) is 9.69 Å². The van der Waals surface area contributed by atoms with Crippen molar-refractivity contribution in [3.63, 3.8) is 0 Å². The molecule has 4 nitrogen and oxygen atoms in total. The van der Waals surface area contributed by atoms with Gasteiger partial charge >= 0.3 is 5.97 Å². The molecule has 2 aromatic carbocycles. The summed E-state index contributed by atoms with van der Waals surface area (Å²) in [6.45, 7) is 2.21. The van der Waals surface area contributed by atoms with Crippen LogP contribution in [0, 0.1) is 17.2 Å². The van der Waals surface area contributed by atoms with Crippen LogP contribution in [0.2, 0.25) is 0 Å². The van der Waals surface area contributed by atoms with Gasteiger partial charge in [-0.2, -0.15) is 5.26 Å². The summed E-state index contributed by atoms with van der Waals surface area (Å²) in [6.07, 6.45) is 0. The molecule has 1 saturated heterocycles. The van der Waals surface area contributed by atoms with Gasteiger partial charge in [0.15, 0.2) is 0 Å². The molecule has 0 N–H and O–H groups in total. The molecule has 2 aromatic rings. The molecule has 1 fully saturated rings. The summed E-state index contributed by atoms with van der Waals surface area (Å²) in [5.41, 5.74) is 2.85. The quantitative estimate of drug-likeness (QED) is 0.736. The van der Waals surface area contributed by atoms with E-state index in [1.165, 1.54) is 12.7 Å². The summed E-state index contributed by atoms with van der Waals surface area (Å²) in [5, 5.41) is 9.14. The lowest BCUT2D eigenvalue weighted by Crippen LogP contribution is -2.24. The Morgan fingerprint density at radius 3 is 2.72 bits per heavy atom. The van der Waals surface area contributed by atoms with E-state index >= 15 is 0 Å². The van der Waals surface area contributed by atoms with Crippen molar-refractivity contribution in [2.45, 2.75) is 12.5 Å². The number of halogens is 1. The topological polar surface area (TPSA) is 53.3 Å². The molecule has 0 saturated carbocycles. The summed E-state index contributed by atoms with van der Waals surface area (Å²) in [7, 11) is 1.43. The minimum atomic E-state index is -0.214. The molecular formula is C20H19BrN2O2. The van der Waals surface area contributed by atoms with E-state index in [0.29, 0.717) is 12.1 Å². The van der Waals surface area contributed by atoms with E-state index in [0.717, 1.165) is 23.1 Å². The van der Waals surface area contributed by atoms with E-state index in [4.69, 9.17) is 10.00 Å². The lowest BCUT2D eigenvalue weighted by atomic mass is 9.88. The molecule has 128 valence electrons. The maximum absolute atomic E-state index is 12.3. The fourth-order valence-corrected chi connectivity index (χ4v) is 3.69. The third-order valence-corrected chi connectivity index (χ3v) is 5.19. The lowest BCUT2D eigenvalue weighted by molar-refractivity contribution is -0.145. The van der Waals surface area contributed by atoms with Crippen LogP contribution >= 0.6 is 15.9 Å². The summed E-state index contributed by atoms with van der Waals surface area (Å²) in [5.74, 6) is -0.365. The number of carbonyl (C=O) groups is 1. The third-order valence-electron chi connectivity index (χ3n) is 4.66. The number of ether oxygens (including phenoxy) is 1. The van der Waals surface area contributed by atoms with Gasteiger partial charge in [-0.25, -0.2) is 0 Å². The number of benzene rings is 2. The molecule has 2 unspecified atom stereocenters. The number of carbonyl (C=O) groups excluding carboxylic acids is 1. The van der Waals surface area contributed by atoms with Crippen molar-refractivity contribution in [1.82, 2.24) is 4.90 Å². The number of likely N-dealkylation sites (tertiary alicyclic amines) is 1. The monoisotopic (exact) mass is 398 g/mol. The molecule has 0 spiro atoms. The Bertz CT molecular complexity index is 798. The SMILES string of the molecule is COC(=O)C1CN(Cc2ccc(Br)cc2)CC1c1cccc(C#N)c1. The second kappa shape index (κ2) is 7.81. The first-order chi connectivity index (χ1) is 12.1. The van der Waals surface area contributed by atoms with Gasteiger partial charge in [-0.15, -0.1) is 0 Å². The highest BCUT2D eigenvalue weighted by Crippen LogP contribution is 2.34. The van der Waals surface area contributed by atoms with Crippen molar-refractivity contribution < 1.29 is 9.53 Å². The van der Waals surface area contributed by atoms with E-state index in [1.807, 2.05) is 30.3 Å². The van der Waals surface area contributed by atoms with Gasteiger partial charge in [0.05, 0.1) is 24.7 Å². The molecule has 1 heterocycles. The highest BCUT2D eigenvalue weighted by molar-refractivity contribution is 9.10. The van der Waals surface area contributed by atoms with E-state index in [9.17, 15) is 4.79 Å². The van der Waals surface area contributed by atoms with Gasteiger partial charge in [0.2, 0.25) is 0 Å². The Balaban J connectivity index is 1.82. The number of methoxy groups -OCH3 is 1. The molecule has 0 aromatic heterocycles. The van der Waals surface area contributed by atoms with Crippen molar-refractivity contribution in [1.29, 1.82) is 5.26 Å². The summed E-state index contributed by atoms with van der Waals surface area (Å²) in [4.78, 5) is 14.5. The van der Waals surface area contributed by atoms with Gasteiger partial charge in [0, 0.05) is 30.0 Å². The number of hydrogen-bond acceptors (Lipinski definition) is 4. The molecule has 1 aliphatic heterocycles. The maximum atomic E-state index is 12.3. The van der Waals surface area contributed by atoms with Crippen LogP contribution in [0.4, 0.5) is 0 Å². The van der Waals surface area contributed by atoms with Crippen molar-refractivity contribution >= 4 is 21.9 Å². The highest BCUT2D eigenvalue weighted by Gasteiger charge is 2.39. The molecule has 3 rings (SSSR count). The van der Waals surface area contributed by atoms with Crippen LogP contribution in [0.25, 0.3) is 0 Å². The van der Waals surface area contributed by atoms with Crippen LogP contribution in [-0.4, -0.2) is 31.1 Å². The first-order valence-electron chi connectivity index (χ1n) is 8.15. The summed E-state index contributed by atoms with van der Waals surface area (Å²) >= 11 is 3.45. The van der Waals surface area contributed by atoms with Crippen LogP contribution in [0.1, 0.15) is 22.6 Å². The maximum Gasteiger partial charge on any atom is 0.310 e. The largest absolute Gasteiger partial charge is 0.469 e. The molecule has 2 atom stereocenters. The van der Waals surface area contributed by atoms with E-state index in [-0.39, 0.29) is 17.8 Å². The number of hydrogen-bond donors (Lipinski definition) is 0. The van der Waals surface area contributed by atoms with Crippen molar-refractivity contribution in [2.24, 2.45) is 5.92 Å². The fourth-order valence-electron chi connectivity index (χ4n) is 3.43. The second-order valence-electron chi connectivity index (χ2n) is 6.29. The summed E-state index contributed by atoms with van der Waals surface area (Å²) < 4.78 is 6.07. The number of nitriles is 1. The number of esters is 1. The van der Waals surface area contributed by atoms with Crippen molar-refractivity contribution in [3.05, 3.63) is 69.7 Å². The van der Waals surface area contributed by atoms with Crippen molar-refractivity contribution in [3.8, 4) is 6.07 Å². The number of nitrogens with zero attached hydrogens (tertiary/aromatic N) is 2. The highest BCUT2D eigenvalue weighted by atomic mass is 79.9. The van der Waals surface area contributed by atoms with E-state index < -0.39 is 0 Å². The zero-order valence-electron chi connectivity index (χ0n) is 14.0. The van der Waals surface area contributed by atoms with Gasteiger partial charge in [-0.05, 0) is 35.4 Å². The predicted molar refractivity (Wildman–Crippen MR) is 98.8 cm³/mol. The second-order valence-corrected chi connectivity index (χ2v) is 7.21. The molecule has 1 aliphatic rings. The Morgan fingerprint density at radius 2 is 2.04 bits per heavy atom. The molecule has 0 amide bonds. The molecular weight excluding hydrogens is 380 g/mol. The molecule has 0 aliphatic carbocycles.